The highest BCUT2D eigenvalue weighted by Crippen LogP contribution is 2.49. The maximum atomic E-state index is 13.9. The van der Waals surface area contributed by atoms with Gasteiger partial charge in [0.1, 0.15) is 12.3 Å². The predicted molar refractivity (Wildman–Crippen MR) is 144 cm³/mol. The van der Waals surface area contributed by atoms with Crippen LogP contribution in [0.1, 0.15) is 49.7 Å². The Morgan fingerprint density at radius 1 is 0.946 bits per heavy atom. The molecule has 2 aliphatic heterocycles. The second-order valence-electron chi connectivity index (χ2n) is 11.2. The van der Waals surface area contributed by atoms with Gasteiger partial charge in [0.15, 0.2) is 0 Å². The molecule has 1 spiro atoms. The molecule has 1 saturated carbocycles. The first kappa shape index (κ1) is 25.6. The molecule has 2 saturated heterocycles. The van der Waals surface area contributed by atoms with Gasteiger partial charge >= 0.3 is 6.03 Å². The molecule has 2 aromatic carbocycles. The minimum Gasteiger partial charge on any atom is -0.497 e. The number of amides is 3. The third-order valence-electron chi connectivity index (χ3n) is 9.02. The summed E-state index contributed by atoms with van der Waals surface area (Å²) < 4.78 is 5.30. The second-order valence-corrected chi connectivity index (χ2v) is 11.2. The number of carbonyl (C=O) groups is 2. The van der Waals surface area contributed by atoms with E-state index >= 15 is 0 Å². The molecule has 0 N–H and O–H groups in total. The number of hydrogen-bond donors (Lipinski definition) is 0. The predicted octanol–water partition coefficient (Wildman–Crippen LogP) is 4.33. The minimum absolute atomic E-state index is 0.0135. The molecule has 0 unspecified atom stereocenters. The number of likely N-dealkylation sites (tertiary alicyclic amines) is 1. The largest absolute Gasteiger partial charge is 0.497 e. The number of nitrogens with zero attached hydrogens (tertiary/aromatic N) is 4. The molecule has 1 aliphatic carbocycles. The molecule has 7 heteroatoms. The van der Waals surface area contributed by atoms with Crippen LogP contribution < -0.4 is 4.74 Å². The summed E-state index contributed by atoms with van der Waals surface area (Å²) in [7, 11) is 5.98. The molecule has 0 radical (unpaired) electrons. The van der Waals surface area contributed by atoms with Gasteiger partial charge in [-0.25, -0.2) is 4.79 Å². The van der Waals surface area contributed by atoms with E-state index in [4.69, 9.17) is 4.74 Å². The average molecular weight is 505 g/mol. The molecule has 2 heterocycles. The van der Waals surface area contributed by atoms with Crippen LogP contribution in [0.3, 0.4) is 0 Å². The molecule has 7 nitrogen and oxygen atoms in total. The summed E-state index contributed by atoms with van der Waals surface area (Å²) in [4.78, 5) is 35.3. The number of ether oxygens (including phenoxy) is 1. The van der Waals surface area contributed by atoms with E-state index in [1.807, 2.05) is 39.0 Å². The zero-order valence-electron chi connectivity index (χ0n) is 22.5. The molecular weight excluding hydrogens is 464 g/mol. The van der Waals surface area contributed by atoms with E-state index in [9.17, 15) is 9.59 Å². The van der Waals surface area contributed by atoms with Crippen molar-refractivity contribution in [3.05, 3.63) is 65.7 Å². The first-order valence-electron chi connectivity index (χ1n) is 13.6. The van der Waals surface area contributed by atoms with Crippen molar-refractivity contribution in [2.45, 2.75) is 56.1 Å². The van der Waals surface area contributed by atoms with Gasteiger partial charge in [0.25, 0.3) is 0 Å². The van der Waals surface area contributed by atoms with Crippen molar-refractivity contribution < 1.29 is 14.3 Å². The van der Waals surface area contributed by atoms with E-state index < -0.39 is 0 Å². The number of urea groups is 1. The van der Waals surface area contributed by atoms with Gasteiger partial charge in [0.05, 0.1) is 12.6 Å². The summed E-state index contributed by atoms with van der Waals surface area (Å²) in [5, 5.41) is 0. The number of benzene rings is 2. The van der Waals surface area contributed by atoms with Gasteiger partial charge in [-0.2, -0.15) is 0 Å². The van der Waals surface area contributed by atoms with Crippen molar-refractivity contribution in [1.82, 2.24) is 19.6 Å². The number of rotatable bonds is 7. The van der Waals surface area contributed by atoms with Gasteiger partial charge in [0, 0.05) is 31.7 Å². The Balaban J connectivity index is 1.40. The zero-order valence-corrected chi connectivity index (χ0v) is 22.5. The fourth-order valence-corrected chi connectivity index (χ4v) is 6.69. The number of hydrogen-bond acceptors (Lipinski definition) is 4. The molecule has 3 aliphatic rings. The SMILES string of the molecule is COc1ccc(CN2C[C@]3(CC[C@@](c4ccccc4)(N(C)C)CC3)N(CC(=O)N3CCCC3)C2=O)cc1. The van der Waals surface area contributed by atoms with Crippen LogP contribution in [0.4, 0.5) is 4.79 Å². The Bertz CT molecular complexity index is 1090. The summed E-state index contributed by atoms with van der Waals surface area (Å²) in [5.74, 6) is 0.892. The van der Waals surface area contributed by atoms with Crippen LogP contribution >= 0.6 is 0 Å². The van der Waals surface area contributed by atoms with Crippen LogP contribution in [0.2, 0.25) is 0 Å². The van der Waals surface area contributed by atoms with Gasteiger partial charge in [-0.1, -0.05) is 42.5 Å². The summed E-state index contributed by atoms with van der Waals surface area (Å²) in [6.07, 6.45) is 5.74. The highest BCUT2D eigenvalue weighted by Gasteiger charge is 2.55. The van der Waals surface area contributed by atoms with E-state index in [0.29, 0.717) is 13.1 Å². The van der Waals surface area contributed by atoms with Crippen molar-refractivity contribution in [1.29, 1.82) is 0 Å². The molecule has 37 heavy (non-hydrogen) atoms. The lowest BCUT2D eigenvalue weighted by molar-refractivity contribution is -0.132. The van der Waals surface area contributed by atoms with Crippen molar-refractivity contribution in [2.24, 2.45) is 0 Å². The smallest absolute Gasteiger partial charge is 0.321 e. The normalized spacial score (nSPS) is 25.9. The molecule has 0 atom stereocenters. The summed E-state index contributed by atoms with van der Waals surface area (Å²) >= 11 is 0. The van der Waals surface area contributed by atoms with Crippen LogP contribution in [0, 0.1) is 0 Å². The van der Waals surface area contributed by atoms with Gasteiger partial charge in [-0.05, 0) is 75.9 Å². The van der Waals surface area contributed by atoms with Crippen molar-refractivity contribution in [3.8, 4) is 5.75 Å². The summed E-state index contributed by atoms with van der Waals surface area (Å²) in [6.45, 7) is 2.99. The van der Waals surface area contributed by atoms with E-state index in [0.717, 1.165) is 62.9 Å². The Hall–Kier alpha value is -3.06. The molecule has 5 rings (SSSR count). The maximum Gasteiger partial charge on any atom is 0.321 e. The van der Waals surface area contributed by atoms with Crippen LogP contribution in [0.15, 0.2) is 54.6 Å². The minimum atomic E-state index is -0.326. The summed E-state index contributed by atoms with van der Waals surface area (Å²) in [5.41, 5.74) is 2.00. The molecule has 3 amide bonds. The molecule has 0 bridgehead atoms. The van der Waals surface area contributed by atoms with E-state index in [1.165, 1.54) is 5.56 Å². The average Bonchev–Trinajstić information content (AvgIpc) is 3.54. The van der Waals surface area contributed by atoms with Gasteiger partial charge < -0.3 is 19.4 Å². The Labute approximate surface area is 221 Å². The first-order valence-corrected chi connectivity index (χ1v) is 13.6. The van der Waals surface area contributed by atoms with E-state index in [-0.39, 0.29) is 29.6 Å². The standard InChI is InChI=1S/C30H40N4O3/c1-31(2)30(25-9-5-4-6-10-25)17-15-29(16-18-30)23-33(21-24-11-13-26(37-3)14-12-24)28(36)34(29)22-27(35)32-19-7-8-20-32/h4-6,9-14H,7-8,15-23H2,1-3H3/t29-,30-. The number of methoxy groups -OCH3 is 1. The lowest BCUT2D eigenvalue weighted by Crippen LogP contribution is -2.57. The summed E-state index contributed by atoms with van der Waals surface area (Å²) in [6, 6.07) is 18.6. The van der Waals surface area contributed by atoms with E-state index in [2.05, 4.69) is 49.3 Å². The third kappa shape index (κ3) is 4.81. The van der Waals surface area contributed by atoms with Crippen molar-refractivity contribution in [3.63, 3.8) is 0 Å². The second kappa shape index (κ2) is 10.4. The quantitative estimate of drug-likeness (QED) is 0.564. The first-order chi connectivity index (χ1) is 17.9. The molecule has 198 valence electrons. The van der Waals surface area contributed by atoms with Crippen LogP contribution in [0.5, 0.6) is 5.75 Å². The van der Waals surface area contributed by atoms with Crippen LogP contribution in [0.25, 0.3) is 0 Å². The lowest BCUT2D eigenvalue weighted by Gasteiger charge is -2.51. The lowest BCUT2D eigenvalue weighted by atomic mass is 9.68. The monoisotopic (exact) mass is 504 g/mol. The zero-order chi connectivity index (χ0) is 26.0. The highest BCUT2D eigenvalue weighted by atomic mass is 16.5. The molecule has 3 fully saturated rings. The Morgan fingerprint density at radius 2 is 1.59 bits per heavy atom. The van der Waals surface area contributed by atoms with Crippen LogP contribution in [-0.4, -0.2) is 84.5 Å². The van der Waals surface area contributed by atoms with Crippen molar-refractivity contribution in [2.75, 3.05) is 47.4 Å². The highest BCUT2D eigenvalue weighted by molar-refractivity contribution is 5.86. The molecule has 2 aromatic rings. The fourth-order valence-electron chi connectivity index (χ4n) is 6.69. The molecular formula is C30H40N4O3. The topological polar surface area (TPSA) is 56.3 Å². The van der Waals surface area contributed by atoms with Gasteiger partial charge in [-0.15, -0.1) is 0 Å². The number of carbonyl (C=O) groups excluding carboxylic acids is 2. The third-order valence-corrected chi connectivity index (χ3v) is 9.02. The Kier molecular flexibility index (Phi) is 7.17. The fraction of sp³-hybridized carbons (Fsp3) is 0.533. The van der Waals surface area contributed by atoms with Crippen molar-refractivity contribution >= 4 is 11.9 Å². The Morgan fingerprint density at radius 3 is 2.19 bits per heavy atom. The van der Waals surface area contributed by atoms with Gasteiger partial charge in [0.2, 0.25) is 5.91 Å². The van der Waals surface area contributed by atoms with Gasteiger partial charge in [-0.3, -0.25) is 9.69 Å². The van der Waals surface area contributed by atoms with Crippen LogP contribution in [-0.2, 0) is 16.9 Å². The van der Waals surface area contributed by atoms with E-state index in [1.54, 1.807) is 7.11 Å². The maximum absolute atomic E-state index is 13.9. The molecule has 0 aromatic heterocycles.